The van der Waals surface area contributed by atoms with Crippen LogP contribution in [-0.2, 0) is 4.79 Å². The first-order chi connectivity index (χ1) is 11.5. The molecular weight excluding hydrogens is 315 g/mol. The van der Waals surface area contributed by atoms with Gasteiger partial charge in [0.05, 0.1) is 24.9 Å². The number of pyridine rings is 2. The Bertz CT molecular complexity index is 770. The third-order valence-electron chi connectivity index (χ3n) is 4.43. The number of ether oxygens (including phenoxy) is 1. The molecule has 0 spiro atoms. The lowest BCUT2D eigenvalue weighted by atomic mass is 10.0. The molecule has 0 aromatic carbocycles. The number of fused-ring (bicyclic) bond motifs is 1. The van der Waals surface area contributed by atoms with E-state index in [9.17, 15) is 14.3 Å². The number of nitrogens with one attached hydrogen (secondary N) is 1. The molecule has 0 bridgehead atoms. The van der Waals surface area contributed by atoms with Gasteiger partial charge in [0.15, 0.2) is 5.82 Å². The van der Waals surface area contributed by atoms with Crippen molar-refractivity contribution in [3.63, 3.8) is 0 Å². The Labute approximate surface area is 138 Å². The first-order valence-corrected chi connectivity index (χ1v) is 7.71. The summed E-state index contributed by atoms with van der Waals surface area (Å²) in [6.07, 6.45) is 1.22. The molecular formula is C16H19FN4O3. The minimum atomic E-state index is -0.675. The minimum Gasteiger partial charge on any atom is -0.481 e. The molecule has 1 aliphatic rings. The van der Waals surface area contributed by atoms with Crippen molar-refractivity contribution < 1.29 is 19.0 Å². The molecule has 8 heteroatoms. The van der Waals surface area contributed by atoms with Gasteiger partial charge in [0.25, 0.3) is 0 Å². The SMILES string of the molecule is COc1ccc2ncc(F)c(NC(=O)[C@H]3C[C@H](CN)[C@H](O)C3)c2n1. The van der Waals surface area contributed by atoms with Gasteiger partial charge in [-0.05, 0) is 31.4 Å². The number of hydrogen-bond donors (Lipinski definition) is 3. The number of nitrogens with two attached hydrogens (primary N) is 1. The van der Waals surface area contributed by atoms with E-state index in [-0.39, 0.29) is 23.0 Å². The third kappa shape index (κ3) is 3.02. The van der Waals surface area contributed by atoms with Crippen LogP contribution in [0.1, 0.15) is 12.8 Å². The van der Waals surface area contributed by atoms with Crippen LogP contribution in [0.5, 0.6) is 5.88 Å². The van der Waals surface area contributed by atoms with Crippen molar-refractivity contribution in [3.05, 3.63) is 24.1 Å². The van der Waals surface area contributed by atoms with Crippen molar-refractivity contribution >= 4 is 22.6 Å². The highest BCUT2D eigenvalue weighted by Crippen LogP contribution is 2.33. The van der Waals surface area contributed by atoms with Gasteiger partial charge in [0.2, 0.25) is 11.8 Å². The number of aromatic nitrogens is 2. The second-order valence-corrected chi connectivity index (χ2v) is 5.92. The summed E-state index contributed by atoms with van der Waals surface area (Å²) >= 11 is 0. The maximum Gasteiger partial charge on any atom is 0.227 e. The highest BCUT2D eigenvalue weighted by Gasteiger charge is 2.36. The molecule has 0 aliphatic heterocycles. The summed E-state index contributed by atoms with van der Waals surface area (Å²) in [6, 6.07) is 3.25. The predicted octanol–water partition coefficient (Wildman–Crippen LogP) is 1.06. The quantitative estimate of drug-likeness (QED) is 0.771. The van der Waals surface area contributed by atoms with Crippen molar-refractivity contribution in [1.29, 1.82) is 0 Å². The number of amides is 1. The van der Waals surface area contributed by atoms with E-state index < -0.39 is 17.8 Å². The zero-order valence-corrected chi connectivity index (χ0v) is 13.2. The number of carbonyl (C=O) groups excluding carboxylic acids is 1. The summed E-state index contributed by atoms with van der Waals surface area (Å²) in [6.45, 7) is 0.316. The van der Waals surface area contributed by atoms with E-state index in [1.807, 2.05) is 0 Å². The molecule has 7 nitrogen and oxygen atoms in total. The zero-order valence-electron chi connectivity index (χ0n) is 13.2. The largest absolute Gasteiger partial charge is 0.481 e. The van der Waals surface area contributed by atoms with E-state index in [4.69, 9.17) is 10.5 Å². The van der Waals surface area contributed by atoms with Crippen LogP contribution in [0, 0.1) is 17.7 Å². The second kappa shape index (κ2) is 6.66. The molecule has 1 fully saturated rings. The second-order valence-electron chi connectivity index (χ2n) is 5.92. The van der Waals surface area contributed by atoms with Crippen LogP contribution in [0.3, 0.4) is 0 Å². The normalized spacial score (nSPS) is 23.4. The highest BCUT2D eigenvalue weighted by molar-refractivity contribution is 6.00. The topological polar surface area (TPSA) is 110 Å². The number of rotatable bonds is 4. The molecule has 1 aliphatic carbocycles. The highest BCUT2D eigenvalue weighted by atomic mass is 19.1. The molecule has 3 atom stereocenters. The number of methoxy groups -OCH3 is 1. The molecule has 2 aromatic rings. The molecule has 0 saturated heterocycles. The zero-order chi connectivity index (χ0) is 17.3. The van der Waals surface area contributed by atoms with Gasteiger partial charge in [-0.15, -0.1) is 0 Å². The van der Waals surface area contributed by atoms with Gasteiger partial charge in [-0.2, -0.15) is 0 Å². The summed E-state index contributed by atoms with van der Waals surface area (Å²) in [5, 5.41) is 12.5. The molecule has 0 unspecified atom stereocenters. The summed E-state index contributed by atoms with van der Waals surface area (Å²) < 4.78 is 19.2. The van der Waals surface area contributed by atoms with Crippen molar-refractivity contribution in [1.82, 2.24) is 9.97 Å². The summed E-state index contributed by atoms with van der Waals surface area (Å²) in [7, 11) is 1.45. The molecule has 4 N–H and O–H groups in total. The lowest BCUT2D eigenvalue weighted by Gasteiger charge is -2.13. The molecule has 128 valence electrons. The number of aliphatic hydroxyl groups excluding tert-OH is 1. The molecule has 0 radical (unpaired) electrons. The van der Waals surface area contributed by atoms with Crippen molar-refractivity contribution in [2.45, 2.75) is 18.9 Å². The van der Waals surface area contributed by atoms with Crippen molar-refractivity contribution in [3.8, 4) is 5.88 Å². The minimum absolute atomic E-state index is 0.0328. The fraction of sp³-hybridized carbons (Fsp3) is 0.438. The monoisotopic (exact) mass is 334 g/mol. The number of carbonyl (C=O) groups is 1. The number of aliphatic hydroxyl groups is 1. The van der Waals surface area contributed by atoms with Crippen LogP contribution in [0.2, 0.25) is 0 Å². The molecule has 24 heavy (non-hydrogen) atoms. The first kappa shape index (κ1) is 16.5. The van der Waals surface area contributed by atoms with Gasteiger partial charge < -0.3 is 20.9 Å². The van der Waals surface area contributed by atoms with Gasteiger partial charge in [-0.1, -0.05) is 0 Å². The Balaban J connectivity index is 1.89. The Kier molecular flexibility index (Phi) is 4.59. The Morgan fingerprint density at radius 3 is 2.96 bits per heavy atom. The van der Waals surface area contributed by atoms with E-state index >= 15 is 0 Å². The van der Waals surface area contributed by atoms with Gasteiger partial charge >= 0.3 is 0 Å². The number of hydrogen-bond acceptors (Lipinski definition) is 6. The van der Waals surface area contributed by atoms with E-state index in [1.54, 1.807) is 12.1 Å². The summed E-state index contributed by atoms with van der Waals surface area (Å²) in [5.41, 5.74) is 6.22. The Morgan fingerprint density at radius 1 is 1.50 bits per heavy atom. The van der Waals surface area contributed by atoms with E-state index in [0.717, 1.165) is 6.20 Å². The summed E-state index contributed by atoms with van der Waals surface area (Å²) in [4.78, 5) is 20.6. The Hall–Kier alpha value is -2.32. The number of halogens is 1. The number of anilines is 1. The van der Waals surface area contributed by atoms with E-state index in [1.165, 1.54) is 7.11 Å². The van der Waals surface area contributed by atoms with Gasteiger partial charge in [-0.25, -0.2) is 9.37 Å². The lowest BCUT2D eigenvalue weighted by molar-refractivity contribution is -0.119. The van der Waals surface area contributed by atoms with E-state index in [0.29, 0.717) is 30.8 Å². The first-order valence-electron chi connectivity index (χ1n) is 7.71. The molecule has 2 aromatic heterocycles. The standard InChI is InChI=1S/C16H19FN4O3/c1-24-13-3-2-11-15(20-13)14(10(17)7-19-11)21-16(23)8-4-9(6-18)12(22)5-8/h2-3,7-9,12,22H,4-6,18H2,1H3,(H,19,21,23)/t8-,9+,12+/m0/s1. The Morgan fingerprint density at radius 2 is 2.29 bits per heavy atom. The molecule has 3 rings (SSSR count). The summed E-state index contributed by atoms with van der Waals surface area (Å²) in [5.74, 6) is -1.27. The van der Waals surface area contributed by atoms with Crippen LogP contribution in [0.25, 0.3) is 11.0 Å². The van der Waals surface area contributed by atoms with Crippen LogP contribution < -0.4 is 15.8 Å². The van der Waals surface area contributed by atoms with Gasteiger partial charge in [0.1, 0.15) is 11.2 Å². The van der Waals surface area contributed by atoms with Crippen LogP contribution in [-0.4, -0.2) is 40.7 Å². The smallest absolute Gasteiger partial charge is 0.227 e. The fourth-order valence-corrected chi connectivity index (χ4v) is 3.05. The van der Waals surface area contributed by atoms with E-state index in [2.05, 4.69) is 15.3 Å². The molecule has 1 amide bonds. The van der Waals surface area contributed by atoms with Crippen molar-refractivity contribution in [2.24, 2.45) is 17.6 Å². The average molecular weight is 334 g/mol. The van der Waals surface area contributed by atoms with Crippen LogP contribution in [0.4, 0.5) is 10.1 Å². The van der Waals surface area contributed by atoms with Crippen molar-refractivity contribution in [2.75, 3.05) is 19.0 Å². The fourth-order valence-electron chi connectivity index (χ4n) is 3.05. The van der Waals surface area contributed by atoms with Crippen LogP contribution >= 0.6 is 0 Å². The third-order valence-corrected chi connectivity index (χ3v) is 4.43. The maximum atomic E-state index is 14.2. The lowest BCUT2D eigenvalue weighted by Crippen LogP contribution is -2.22. The van der Waals surface area contributed by atoms with Crippen LogP contribution in [0.15, 0.2) is 18.3 Å². The molecule has 1 saturated carbocycles. The molecule has 2 heterocycles. The van der Waals surface area contributed by atoms with Gasteiger partial charge in [-0.3, -0.25) is 9.78 Å². The maximum absolute atomic E-state index is 14.2. The number of nitrogens with zero attached hydrogens (tertiary/aromatic N) is 2. The van der Waals surface area contributed by atoms with Gasteiger partial charge in [0, 0.05) is 12.0 Å². The predicted molar refractivity (Wildman–Crippen MR) is 86.0 cm³/mol. The average Bonchev–Trinajstić information content (AvgIpc) is 2.98.